The van der Waals surface area contributed by atoms with Crippen LogP contribution in [0.2, 0.25) is 0 Å². The van der Waals surface area contributed by atoms with E-state index >= 15 is 0 Å². The second-order valence-corrected chi connectivity index (χ2v) is 5.93. The molecular weight excluding hydrogens is 328 g/mol. The van der Waals surface area contributed by atoms with Gasteiger partial charge in [-0.3, -0.25) is 19.4 Å². The van der Waals surface area contributed by atoms with Crippen LogP contribution in [-0.2, 0) is 4.74 Å². The van der Waals surface area contributed by atoms with Gasteiger partial charge >= 0.3 is 0 Å². The van der Waals surface area contributed by atoms with Crippen LogP contribution < -0.4 is 0 Å². The zero-order chi connectivity index (χ0) is 15.8. The fourth-order valence-electron chi connectivity index (χ4n) is 3.35. The summed E-state index contributed by atoms with van der Waals surface area (Å²) >= 11 is 0. The van der Waals surface area contributed by atoms with E-state index in [1.54, 1.807) is 0 Å². The first-order valence-corrected chi connectivity index (χ1v) is 7.94. The Morgan fingerprint density at radius 2 is 1.46 bits per heavy atom. The molecule has 2 aromatic carbocycles. The zero-order valence-electron chi connectivity index (χ0n) is 13.2. The van der Waals surface area contributed by atoms with E-state index in [0.717, 1.165) is 23.9 Å². The van der Waals surface area contributed by atoms with Crippen LogP contribution in [0.15, 0.2) is 36.4 Å². The molecule has 0 N–H and O–H groups in total. The summed E-state index contributed by atoms with van der Waals surface area (Å²) in [6.07, 6.45) is 0. The van der Waals surface area contributed by atoms with Crippen LogP contribution in [-0.4, -0.2) is 61.0 Å². The van der Waals surface area contributed by atoms with Gasteiger partial charge in [-0.1, -0.05) is 24.3 Å². The number of carbonyl (C=O) groups is 2. The standard InChI is InChI=1S/C18H18N2O3.ClH/c21-17-14-5-1-3-13-4-2-6-15(16(13)14)18(22)20(17)8-7-19-9-11-23-12-10-19;/h1-6H,7-12H2;1H. The van der Waals surface area contributed by atoms with E-state index in [1.165, 1.54) is 4.90 Å². The molecule has 4 rings (SSSR count). The summed E-state index contributed by atoms with van der Waals surface area (Å²) < 4.78 is 5.33. The number of ether oxygens (including phenoxy) is 1. The highest BCUT2D eigenvalue weighted by Crippen LogP contribution is 2.29. The maximum absolute atomic E-state index is 12.7. The molecule has 0 atom stereocenters. The molecule has 24 heavy (non-hydrogen) atoms. The molecule has 0 unspecified atom stereocenters. The second-order valence-electron chi connectivity index (χ2n) is 5.93. The van der Waals surface area contributed by atoms with Crippen molar-refractivity contribution in [1.29, 1.82) is 0 Å². The predicted molar refractivity (Wildman–Crippen MR) is 93.8 cm³/mol. The van der Waals surface area contributed by atoms with Crippen molar-refractivity contribution in [3.8, 4) is 0 Å². The summed E-state index contributed by atoms with van der Waals surface area (Å²) in [4.78, 5) is 29.1. The number of carbonyl (C=O) groups excluding carboxylic acids is 2. The van der Waals surface area contributed by atoms with E-state index in [-0.39, 0.29) is 24.2 Å². The Morgan fingerprint density at radius 1 is 0.875 bits per heavy atom. The minimum absolute atomic E-state index is 0. The highest BCUT2D eigenvalue weighted by Gasteiger charge is 2.32. The molecule has 0 aliphatic carbocycles. The van der Waals surface area contributed by atoms with E-state index in [2.05, 4.69) is 4.90 Å². The first-order chi connectivity index (χ1) is 11.3. The molecule has 0 radical (unpaired) electrons. The maximum atomic E-state index is 12.7. The lowest BCUT2D eigenvalue weighted by molar-refractivity contribution is 0.0316. The van der Waals surface area contributed by atoms with Gasteiger partial charge < -0.3 is 4.74 Å². The van der Waals surface area contributed by atoms with Crippen molar-refractivity contribution < 1.29 is 14.3 Å². The molecule has 0 spiro atoms. The lowest BCUT2D eigenvalue weighted by atomic mass is 9.94. The number of hydrogen-bond acceptors (Lipinski definition) is 4. The van der Waals surface area contributed by atoms with E-state index in [4.69, 9.17) is 4.74 Å². The summed E-state index contributed by atoms with van der Waals surface area (Å²) in [5.74, 6) is -0.375. The Balaban J connectivity index is 0.00000169. The Morgan fingerprint density at radius 3 is 2.04 bits per heavy atom. The highest BCUT2D eigenvalue weighted by atomic mass is 35.5. The van der Waals surface area contributed by atoms with Crippen LogP contribution in [0.1, 0.15) is 20.7 Å². The van der Waals surface area contributed by atoms with Gasteiger partial charge in [-0.05, 0) is 17.5 Å². The molecule has 6 heteroatoms. The molecular formula is C18H19ClN2O3. The molecule has 2 aliphatic rings. The largest absolute Gasteiger partial charge is 0.379 e. The van der Waals surface area contributed by atoms with Gasteiger partial charge in [0.25, 0.3) is 11.8 Å². The number of hydrogen-bond donors (Lipinski definition) is 0. The van der Waals surface area contributed by atoms with E-state index in [1.807, 2.05) is 36.4 Å². The fraction of sp³-hybridized carbons (Fsp3) is 0.333. The Kier molecular flexibility index (Phi) is 4.85. The topological polar surface area (TPSA) is 49.9 Å². The van der Waals surface area contributed by atoms with Crippen LogP contribution in [0.3, 0.4) is 0 Å². The Hall–Kier alpha value is -1.95. The van der Waals surface area contributed by atoms with Crippen molar-refractivity contribution >= 4 is 35.0 Å². The van der Waals surface area contributed by atoms with Crippen LogP contribution in [0, 0.1) is 0 Å². The lowest BCUT2D eigenvalue weighted by Gasteiger charge is -2.31. The first kappa shape index (κ1) is 16.9. The molecule has 0 bridgehead atoms. The number of halogens is 1. The van der Waals surface area contributed by atoms with Crippen LogP contribution in [0.25, 0.3) is 10.8 Å². The molecule has 1 saturated heterocycles. The van der Waals surface area contributed by atoms with Crippen molar-refractivity contribution in [2.45, 2.75) is 0 Å². The van der Waals surface area contributed by atoms with Crippen LogP contribution >= 0.6 is 12.4 Å². The van der Waals surface area contributed by atoms with Crippen molar-refractivity contribution in [2.75, 3.05) is 39.4 Å². The van der Waals surface area contributed by atoms with Gasteiger partial charge in [0.1, 0.15) is 0 Å². The Bertz CT molecular complexity index is 736. The van der Waals surface area contributed by atoms with Crippen molar-refractivity contribution in [3.05, 3.63) is 47.5 Å². The third kappa shape index (κ3) is 2.79. The van der Waals surface area contributed by atoms with Crippen molar-refractivity contribution in [2.24, 2.45) is 0 Å². The lowest BCUT2D eigenvalue weighted by Crippen LogP contribution is -2.46. The second kappa shape index (κ2) is 6.89. The molecule has 2 heterocycles. The summed E-state index contributed by atoms with van der Waals surface area (Å²) in [7, 11) is 0. The van der Waals surface area contributed by atoms with Gasteiger partial charge in [0.15, 0.2) is 0 Å². The van der Waals surface area contributed by atoms with E-state index < -0.39 is 0 Å². The van der Waals surface area contributed by atoms with E-state index in [0.29, 0.717) is 37.4 Å². The molecule has 2 amide bonds. The van der Waals surface area contributed by atoms with Gasteiger partial charge in [0.05, 0.1) is 13.2 Å². The molecule has 0 saturated carbocycles. The molecule has 5 nitrogen and oxygen atoms in total. The van der Waals surface area contributed by atoms with Crippen LogP contribution in [0.4, 0.5) is 0 Å². The Labute approximate surface area is 146 Å². The fourth-order valence-corrected chi connectivity index (χ4v) is 3.35. The minimum Gasteiger partial charge on any atom is -0.379 e. The quantitative estimate of drug-likeness (QED) is 0.799. The zero-order valence-corrected chi connectivity index (χ0v) is 14.1. The smallest absolute Gasteiger partial charge is 0.261 e. The molecule has 126 valence electrons. The highest BCUT2D eigenvalue weighted by molar-refractivity contribution is 6.25. The third-order valence-electron chi connectivity index (χ3n) is 4.60. The average molecular weight is 347 g/mol. The monoisotopic (exact) mass is 346 g/mol. The SMILES string of the molecule is Cl.O=C1c2cccc3cccc(c23)C(=O)N1CCN1CCOCC1. The van der Waals surface area contributed by atoms with E-state index in [9.17, 15) is 9.59 Å². The summed E-state index contributed by atoms with van der Waals surface area (Å²) in [6.45, 7) is 4.24. The number of benzene rings is 2. The number of imide groups is 1. The maximum Gasteiger partial charge on any atom is 0.261 e. The molecule has 1 fully saturated rings. The van der Waals surface area contributed by atoms with Gasteiger partial charge in [0, 0.05) is 42.7 Å². The normalized spacial score (nSPS) is 17.9. The average Bonchev–Trinajstić information content (AvgIpc) is 2.60. The summed E-state index contributed by atoms with van der Waals surface area (Å²) in [5.41, 5.74) is 1.25. The van der Waals surface area contributed by atoms with Gasteiger partial charge in [-0.25, -0.2) is 0 Å². The van der Waals surface area contributed by atoms with Crippen molar-refractivity contribution in [3.63, 3.8) is 0 Å². The van der Waals surface area contributed by atoms with Gasteiger partial charge in [-0.15, -0.1) is 12.4 Å². The van der Waals surface area contributed by atoms with Crippen LogP contribution in [0.5, 0.6) is 0 Å². The molecule has 2 aromatic rings. The number of nitrogens with zero attached hydrogens (tertiary/aromatic N) is 2. The number of morpholine rings is 1. The van der Waals surface area contributed by atoms with Gasteiger partial charge in [0.2, 0.25) is 0 Å². The predicted octanol–water partition coefficient (Wildman–Crippen LogP) is 2.19. The molecule has 2 aliphatic heterocycles. The minimum atomic E-state index is -0.187. The number of amides is 2. The molecule has 0 aromatic heterocycles. The third-order valence-corrected chi connectivity index (χ3v) is 4.60. The van der Waals surface area contributed by atoms with Gasteiger partial charge in [-0.2, -0.15) is 0 Å². The number of rotatable bonds is 3. The van der Waals surface area contributed by atoms with Crippen molar-refractivity contribution in [1.82, 2.24) is 9.80 Å². The summed E-state index contributed by atoms with van der Waals surface area (Å²) in [5, 5.41) is 1.72. The first-order valence-electron chi connectivity index (χ1n) is 7.94. The summed E-state index contributed by atoms with van der Waals surface area (Å²) in [6, 6.07) is 11.2.